The van der Waals surface area contributed by atoms with Crippen LogP contribution in [0.15, 0.2) is 12.7 Å². The monoisotopic (exact) mass is 233 g/mol. The Balaban J connectivity index is 2.59. The van der Waals surface area contributed by atoms with Crippen LogP contribution in [0, 0.1) is 0 Å². The summed E-state index contributed by atoms with van der Waals surface area (Å²) in [4.78, 5) is 15.3. The lowest BCUT2D eigenvalue weighted by atomic mass is 10.3. The maximum Gasteiger partial charge on any atom is 0.165 e. The van der Waals surface area contributed by atoms with E-state index in [0.29, 0.717) is 6.04 Å². The van der Waals surface area contributed by atoms with E-state index in [1.165, 1.54) is 0 Å². The van der Waals surface area contributed by atoms with E-state index in [4.69, 9.17) is 0 Å². The van der Waals surface area contributed by atoms with Crippen molar-refractivity contribution in [3.05, 3.63) is 12.7 Å². The van der Waals surface area contributed by atoms with Crippen LogP contribution < -0.4 is 4.90 Å². The number of hydrogen-bond donors (Lipinski definition) is 0. The average molecular weight is 233 g/mol. The Morgan fingerprint density at radius 3 is 2.47 bits per heavy atom. The van der Waals surface area contributed by atoms with Crippen molar-refractivity contribution in [3.8, 4) is 0 Å². The highest BCUT2D eigenvalue weighted by atomic mass is 15.2. The molecule has 0 aromatic carbocycles. The molecular formula is C12H19N5. The Kier molecular flexibility index (Phi) is 3.26. The van der Waals surface area contributed by atoms with Crippen molar-refractivity contribution in [2.24, 2.45) is 0 Å². The van der Waals surface area contributed by atoms with Gasteiger partial charge < -0.3 is 9.47 Å². The zero-order valence-corrected chi connectivity index (χ0v) is 10.9. The van der Waals surface area contributed by atoms with E-state index in [2.05, 4.69) is 52.1 Å². The van der Waals surface area contributed by atoms with E-state index < -0.39 is 0 Å². The smallest absolute Gasteiger partial charge is 0.165 e. The summed E-state index contributed by atoms with van der Waals surface area (Å²) in [5, 5.41) is 0. The molecule has 2 heterocycles. The number of anilines is 1. The second-order valence-corrected chi connectivity index (χ2v) is 4.29. The van der Waals surface area contributed by atoms with Crippen molar-refractivity contribution in [1.82, 2.24) is 19.5 Å². The molecule has 0 radical (unpaired) electrons. The van der Waals surface area contributed by atoms with E-state index >= 15 is 0 Å². The van der Waals surface area contributed by atoms with Crippen LogP contribution in [-0.2, 0) is 0 Å². The SMILES string of the molecule is CCN(CC)c1ncnc2c1ncn2C(C)C. The lowest BCUT2D eigenvalue weighted by Gasteiger charge is -2.19. The van der Waals surface area contributed by atoms with Crippen LogP contribution in [0.4, 0.5) is 5.82 Å². The summed E-state index contributed by atoms with van der Waals surface area (Å²) in [6.45, 7) is 10.3. The number of fused-ring (bicyclic) bond motifs is 1. The lowest BCUT2D eigenvalue weighted by molar-refractivity contribution is 0.612. The number of aromatic nitrogens is 4. The van der Waals surface area contributed by atoms with Gasteiger partial charge in [-0.1, -0.05) is 0 Å². The van der Waals surface area contributed by atoms with Crippen molar-refractivity contribution in [2.45, 2.75) is 33.7 Å². The lowest BCUT2D eigenvalue weighted by Crippen LogP contribution is -2.23. The Labute approximate surface area is 102 Å². The first-order valence-electron chi connectivity index (χ1n) is 6.11. The van der Waals surface area contributed by atoms with E-state index in [1.807, 2.05) is 6.33 Å². The zero-order valence-electron chi connectivity index (χ0n) is 10.9. The van der Waals surface area contributed by atoms with Gasteiger partial charge in [-0.25, -0.2) is 15.0 Å². The summed E-state index contributed by atoms with van der Waals surface area (Å²) in [6, 6.07) is 0.361. The first-order valence-corrected chi connectivity index (χ1v) is 6.11. The highest BCUT2D eigenvalue weighted by Gasteiger charge is 2.14. The van der Waals surface area contributed by atoms with Gasteiger partial charge in [-0.05, 0) is 27.7 Å². The third-order valence-corrected chi connectivity index (χ3v) is 2.96. The second kappa shape index (κ2) is 4.69. The minimum absolute atomic E-state index is 0.361. The molecule has 0 aliphatic heterocycles. The Bertz CT molecular complexity index is 499. The third kappa shape index (κ3) is 1.97. The molecular weight excluding hydrogens is 214 g/mol. The van der Waals surface area contributed by atoms with E-state index in [9.17, 15) is 0 Å². The second-order valence-electron chi connectivity index (χ2n) is 4.29. The van der Waals surface area contributed by atoms with Crippen LogP contribution in [-0.4, -0.2) is 32.6 Å². The average Bonchev–Trinajstić information content (AvgIpc) is 2.75. The largest absolute Gasteiger partial charge is 0.355 e. The predicted molar refractivity (Wildman–Crippen MR) is 69.3 cm³/mol. The predicted octanol–water partition coefficient (Wildman–Crippen LogP) is 2.25. The molecule has 0 atom stereocenters. The molecule has 5 heteroatoms. The molecule has 2 aromatic heterocycles. The summed E-state index contributed by atoms with van der Waals surface area (Å²) >= 11 is 0. The van der Waals surface area contributed by atoms with Gasteiger partial charge in [0.2, 0.25) is 0 Å². The van der Waals surface area contributed by atoms with Gasteiger partial charge in [0.25, 0.3) is 0 Å². The van der Waals surface area contributed by atoms with Crippen LogP contribution >= 0.6 is 0 Å². The van der Waals surface area contributed by atoms with Gasteiger partial charge in [0.05, 0.1) is 6.33 Å². The fourth-order valence-electron chi connectivity index (χ4n) is 1.97. The molecule has 0 saturated carbocycles. The van der Waals surface area contributed by atoms with E-state index in [0.717, 1.165) is 30.1 Å². The molecule has 0 fully saturated rings. The van der Waals surface area contributed by atoms with Crippen molar-refractivity contribution < 1.29 is 0 Å². The molecule has 0 N–H and O–H groups in total. The molecule has 0 saturated heterocycles. The van der Waals surface area contributed by atoms with Crippen LogP contribution in [0.3, 0.4) is 0 Å². The minimum atomic E-state index is 0.361. The summed E-state index contributed by atoms with van der Waals surface area (Å²) < 4.78 is 2.07. The minimum Gasteiger partial charge on any atom is -0.355 e. The van der Waals surface area contributed by atoms with E-state index in [-0.39, 0.29) is 0 Å². The quantitative estimate of drug-likeness (QED) is 0.812. The molecule has 0 bridgehead atoms. The highest BCUT2D eigenvalue weighted by molar-refractivity contribution is 5.83. The number of hydrogen-bond acceptors (Lipinski definition) is 4. The molecule has 5 nitrogen and oxygen atoms in total. The fourth-order valence-corrected chi connectivity index (χ4v) is 1.97. The Morgan fingerprint density at radius 2 is 1.88 bits per heavy atom. The van der Waals surface area contributed by atoms with Gasteiger partial charge in [0.15, 0.2) is 17.0 Å². The van der Waals surface area contributed by atoms with Crippen LogP contribution in [0.25, 0.3) is 11.2 Å². The van der Waals surface area contributed by atoms with Gasteiger partial charge >= 0.3 is 0 Å². The van der Waals surface area contributed by atoms with Crippen molar-refractivity contribution in [2.75, 3.05) is 18.0 Å². The van der Waals surface area contributed by atoms with Gasteiger partial charge in [0.1, 0.15) is 6.33 Å². The summed E-state index contributed by atoms with van der Waals surface area (Å²) in [7, 11) is 0. The summed E-state index contributed by atoms with van der Waals surface area (Å²) in [5.74, 6) is 0.930. The maximum absolute atomic E-state index is 4.45. The topological polar surface area (TPSA) is 46.8 Å². The Hall–Kier alpha value is -1.65. The van der Waals surface area contributed by atoms with Crippen LogP contribution in [0.2, 0.25) is 0 Å². The molecule has 17 heavy (non-hydrogen) atoms. The van der Waals surface area contributed by atoms with Gasteiger partial charge in [-0.15, -0.1) is 0 Å². The van der Waals surface area contributed by atoms with Crippen LogP contribution in [0.1, 0.15) is 33.7 Å². The maximum atomic E-state index is 4.45. The number of nitrogens with zero attached hydrogens (tertiary/aromatic N) is 5. The highest BCUT2D eigenvalue weighted by Crippen LogP contribution is 2.22. The summed E-state index contributed by atoms with van der Waals surface area (Å²) in [6.07, 6.45) is 3.47. The molecule has 2 rings (SSSR count). The number of imidazole rings is 1. The molecule has 2 aromatic rings. The molecule has 0 amide bonds. The molecule has 0 aliphatic carbocycles. The molecule has 0 unspecified atom stereocenters. The normalized spacial score (nSPS) is 11.4. The van der Waals surface area contributed by atoms with E-state index in [1.54, 1.807) is 6.33 Å². The molecule has 0 aliphatic rings. The summed E-state index contributed by atoms with van der Waals surface area (Å²) in [5.41, 5.74) is 1.81. The Morgan fingerprint density at radius 1 is 1.18 bits per heavy atom. The third-order valence-electron chi connectivity index (χ3n) is 2.96. The zero-order chi connectivity index (χ0) is 12.4. The van der Waals surface area contributed by atoms with Crippen molar-refractivity contribution >= 4 is 17.0 Å². The fraction of sp³-hybridized carbons (Fsp3) is 0.583. The van der Waals surface area contributed by atoms with Gasteiger partial charge in [-0.3, -0.25) is 0 Å². The van der Waals surface area contributed by atoms with Gasteiger partial charge in [-0.2, -0.15) is 0 Å². The molecule has 92 valence electrons. The van der Waals surface area contributed by atoms with Crippen LogP contribution in [0.5, 0.6) is 0 Å². The number of rotatable bonds is 4. The standard InChI is InChI=1S/C12H19N5/c1-5-16(6-2)11-10-12(14-7-13-11)17(8-15-10)9(3)4/h7-9H,5-6H2,1-4H3. The van der Waals surface area contributed by atoms with Gasteiger partial charge in [0, 0.05) is 19.1 Å². The van der Waals surface area contributed by atoms with Crippen molar-refractivity contribution in [3.63, 3.8) is 0 Å². The first-order chi connectivity index (χ1) is 8.19. The first kappa shape index (κ1) is 11.8. The van der Waals surface area contributed by atoms with Crippen molar-refractivity contribution in [1.29, 1.82) is 0 Å². The molecule has 0 spiro atoms.